The second-order valence-electron chi connectivity index (χ2n) is 4.56. The highest BCUT2D eigenvalue weighted by atomic mass is 16.3. The molecule has 2 heterocycles. The Kier molecular flexibility index (Phi) is 3.60. The Labute approximate surface area is 115 Å². The van der Waals surface area contributed by atoms with Crippen molar-refractivity contribution in [3.8, 4) is 0 Å². The van der Waals surface area contributed by atoms with Crippen LogP contribution >= 0.6 is 0 Å². The second-order valence-corrected chi connectivity index (χ2v) is 4.56. The van der Waals surface area contributed by atoms with Crippen LogP contribution in [0, 0.1) is 0 Å². The molecule has 3 aromatic rings. The first-order valence-corrected chi connectivity index (χ1v) is 6.51. The average Bonchev–Trinajstić information content (AvgIpc) is 2.99. The Morgan fingerprint density at radius 2 is 2.15 bits per heavy atom. The maximum Gasteiger partial charge on any atom is 0.207 e. The monoisotopic (exact) mass is 269 g/mol. The third-order valence-electron chi connectivity index (χ3n) is 3.17. The van der Waals surface area contributed by atoms with E-state index in [1.807, 2.05) is 35.0 Å². The molecule has 0 aliphatic carbocycles. The summed E-state index contributed by atoms with van der Waals surface area (Å²) in [7, 11) is 0. The van der Waals surface area contributed by atoms with Crippen molar-refractivity contribution in [2.45, 2.75) is 13.1 Å². The average molecular weight is 269 g/mol. The number of para-hydroxylation sites is 1. The zero-order chi connectivity index (χ0) is 13.8. The molecule has 5 nitrogen and oxygen atoms in total. The van der Waals surface area contributed by atoms with Crippen molar-refractivity contribution >= 4 is 10.9 Å². The number of nitrogens with one attached hydrogen (secondary N) is 1. The Bertz CT molecular complexity index is 747. The van der Waals surface area contributed by atoms with Crippen LogP contribution in [0.4, 0.5) is 0 Å². The molecular weight excluding hydrogens is 254 g/mol. The molecule has 0 aliphatic rings. The van der Waals surface area contributed by atoms with Gasteiger partial charge in [-0.25, -0.2) is 0 Å². The van der Waals surface area contributed by atoms with Crippen molar-refractivity contribution in [1.82, 2.24) is 15.1 Å². The number of furan rings is 1. The largest absolute Gasteiger partial charge is 0.472 e. The van der Waals surface area contributed by atoms with Crippen LogP contribution in [0.25, 0.3) is 10.9 Å². The van der Waals surface area contributed by atoms with Crippen LogP contribution in [-0.2, 0) is 13.1 Å². The number of nitrogens with zero attached hydrogens (tertiary/aromatic N) is 2. The summed E-state index contributed by atoms with van der Waals surface area (Å²) in [6, 6.07) is 9.46. The third kappa shape index (κ3) is 2.62. The van der Waals surface area contributed by atoms with Crippen molar-refractivity contribution in [3.63, 3.8) is 0 Å². The molecular formula is C15H15N3O2. The summed E-state index contributed by atoms with van der Waals surface area (Å²) in [5.74, 6) is 0. The standard InChI is InChI=1S/C15H15N3O2/c19-15-10-17-18(14-4-2-1-3-13(14)15)7-6-16-9-12-5-8-20-11-12/h1-5,8,10-11,16H,6-7,9H2. The summed E-state index contributed by atoms with van der Waals surface area (Å²) in [6.45, 7) is 2.23. The summed E-state index contributed by atoms with van der Waals surface area (Å²) in [5.41, 5.74) is 1.94. The summed E-state index contributed by atoms with van der Waals surface area (Å²) < 4.78 is 6.85. The number of fused-ring (bicyclic) bond motifs is 1. The van der Waals surface area contributed by atoms with Gasteiger partial charge >= 0.3 is 0 Å². The van der Waals surface area contributed by atoms with Crippen LogP contribution in [-0.4, -0.2) is 16.3 Å². The first kappa shape index (κ1) is 12.6. The molecule has 0 spiro atoms. The van der Waals surface area contributed by atoms with Crippen molar-refractivity contribution in [2.24, 2.45) is 0 Å². The number of hydrogen-bond acceptors (Lipinski definition) is 4. The Balaban J connectivity index is 1.69. The normalized spacial score (nSPS) is 11.0. The zero-order valence-corrected chi connectivity index (χ0v) is 11.0. The lowest BCUT2D eigenvalue weighted by Gasteiger charge is -2.09. The van der Waals surface area contributed by atoms with E-state index in [1.165, 1.54) is 6.20 Å². The summed E-state index contributed by atoms with van der Waals surface area (Å²) in [4.78, 5) is 11.7. The maximum absolute atomic E-state index is 11.7. The van der Waals surface area contributed by atoms with Gasteiger partial charge in [0.2, 0.25) is 5.43 Å². The van der Waals surface area contributed by atoms with Crippen LogP contribution < -0.4 is 10.7 Å². The fraction of sp³-hybridized carbons (Fsp3) is 0.200. The van der Waals surface area contributed by atoms with E-state index >= 15 is 0 Å². The molecule has 0 atom stereocenters. The van der Waals surface area contributed by atoms with E-state index in [1.54, 1.807) is 12.5 Å². The molecule has 2 aromatic heterocycles. The van der Waals surface area contributed by atoms with Gasteiger partial charge in [0.15, 0.2) is 0 Å². The van der Waals surface area contributed by atoms with E-state index < -0.39 is 0 Å². The molecule has 5 heteroatoms. The Hall–Kier alpha value is -2.40. The molecule has 1 aromatic carbocycles. The first-order valence-electron chi connectivity index (χ1n) is 6.51. The van der Waals surface area contributed by atoms with Crippen molar-refractivity contribution < 1.29 is 4.42 Å². The Morgan fingerprint density at radius 1 is 1.25 bits per heavy atom. The summed E-state index contributed by atoms with van der Waals surface area (Å²) >= 11 is 0. The molecule has 0 bridgehead atoms. The van der Waals surface area contributed by atoms with Crippen LogP contribution in [0.1, 0.15) is 5.56 Å². The van der Waals surface area contributed by atoms with E-state index in [-0.39, 0.29) is 5.43 Å². The summed E-state index contributed by atoms with van der Waals surface area (Å²) in [6.07, 6.45) is 4.76. The van der Waals surface area contributed by atoms with Gasteiger partial charge < -0.3 is 9.73 Å². The van der Waals surface area contributed by atoms with E-state index in [2.05, 4.69) is 10.4 Å². The van der Waals surface area contributed by atoms with Gasteiger partial charge in [-0.2, -0.15) is 5.10 Å². The molecule has 0 fully saturated rings. The molecule has 102 valence electrons. The fourth-order valence-corrected chi connectivity index (χ4v) is 2.15. The van der Waals surface area contributed by atoms with Crippen molar-refractivity contribution in [1.29, 1.82) is 0 Å². The lowest BCUT2D eigenvalue weighted by atomic mass is 10.2. The first-order chi connectivity index (χ1) is 9.84. The highest BCUT2D eigenvalue weighted by Crippen LogP contribution is 2.07. The molecule has 3 rings (SSSR count). The van der Waals surface area contributed by atoms with Crippen LogP contribution in [0.3, 0.4) is 0 Å². The highest BCUT2D eigenvalue weighted by Gasteiger charge is 2.02. The van der Waals surface area contributed by atoms with Gasteiger partial charge in [0.1, 0.15) is 0 Å². The fourth-order valence-electron chi connectivity index (χ4n) is 2.15. The Morgan fingerprint density at radius 3 is 3.00 bits per heavy atom. The molecule has 20 heavy (non-hydrogen) atoms. The van der Waals surface area contributed by atoms with Gasteiger partial charge in [0, 0.05) is 24.0 Å². The van der Waals surface area contributed by atoms with Gasteiger partial charge in [0.25, 0.3) is 0 Å². The van der Waals surface area contributed by atoms with Gasteiger partial charge in [0.05, 0.1) is 30.8 Å². The SMILES string of the molecule is O=c1cnn(CCNCc2ccoc2)c2ccccc12. The molecule has 0 aliphatic heterocycles. The van der Waals surface area contributed by atoms with E-state index in [0.717, 1.165) is 24.2 Å². The van der Waals surface area contributed by atoms with Gasteiger partial charge in [-0.05, 0) is 18.2 Å². The summed E-state index contributed by atoms with van der Waals surface area (Å²) in [5, 5.41) is 8.21. The van der Waals surface area contributed by atoms with Gasteiger partial charge in [-0.3, -0.25) is 9.48 Å². The minimum Gasteiger partial charge on any atom is -0.472 e. The maximum atomic E-state index is 11.7. The topological polar surface area (TPSA) is 60.1 Å². The van der Waals surface area contributed by atoms with Gasteiger partial charge in [-0.1, -0.05) is 12.1 Å². The number of rotatable bonds is 5. The van der Waals surface area contributed by atoms with Crippen molar-refractivity contribution in [3.05, 3.63) is 64.8 Å². The second kappa shape index (κ2) is 5.71. The molecule has 0 unspecified atom stereocenters. The van der Waals surface area contributed by atoms with E-state index in [4.69, 9.17) is 4.42 Å². The minimum absolute atomic E-state index is 0.0387. The number of hydrogen-bond donors (Lipinski definition) is 1. The molecule has 0 saturated carbocycles. The smallest absolute Gasteiger partial charge is 0.207 e. The molecule has 0 saturated heterocycles. The molecule has 1 N–H and O–H groups in total. The number of benzene rings is 1. The van der Waals surface area contributed by atoms with E-state index in [0.29, 0.717) is 11.9 Å². The highest BCUT2D eigenvalue weighted by molar-refractivity contribution is 5.77. The van der Waals surface area contributed by atoms with Crippen LogP contribution in [0.2, 0.25) is 0 Å². The van der Waals surface area contributed by atoms with Crippen molar-refractivity contribution in [2.75, 3.05) is 6.54 Å². The molecule has 0 amide bonds. The lowest BCUT2D eigenvalue weighted by Crippen LogP contribution is -2.22. The predicted octanol–water partition coefficient (Wildman–Crippen LogP) is 1.78. The lowest BCUT2D eigenvalue weighted by molar-refractivity contribution is 0.546. The zero-order valence-electron chi connectivity index (χ0n) is 11.0. The number of aromatic nitrogens is 2. The minimum atomic E-state index is -0.0387. The van der Waals surface area contributed by atoms with Crippen LogP contribution in [0.15, 0.2) is 58.3 Å². The molecule has 0 radical (unpaired) electrons. The predicted molar refractivity (Wildman–Crippen MR) is 76.4 cm³/mol. The quantitative estimate of drug-likeness (QED) is 0.717. The van der Waals surface area contributed by atoms with E-state index in [9.17, 15) is 4.79 Å². The van der Waals surface area contributed by atoms with Gasteiger partial charge in [-0.15, -0.1) is 0 Å². The third-order valence-corrected chi connectivity index (χ3v) is 3.17. The van der Waals surface area contributed by atoms with Crippen LogP contribution in [0.5, 0.6) is 0 Å².